The Balaban J connectivity index is 1.18. The van der Waals surface area contributed by atoms with Crippen LogP contribution >= 0.6 is 11.6 Å². The minimum Gasteiger partial charge on any atom is -0.385 e. The number of benzene rings is 3. The average Bonchev–Trinajstić information content (AvgIpc) is 2.90. The zero-order valence-corrected chi connectivity index (χ0v) is 21.3. The fraction of sp³-hybridized carbons (Fsp3) is 0.357. The first-order chi connectivity index (χ1) is 16.9. The van der Waals surface area contributed by atoms with Gasteiger partial charge in [-0.2, -0.15) is 4.31 Å². The number of nitrogens with zero attached hydrogens (tertiary/aromatic N) is 2. The van der Waals surface area contributed by atoms with Crippen molar-refractivity contribution in [2.24, 2.45) is 0 Å². The molecule has 184 valence electrons. The summed E-state index contributed by atoms with van der Waals surface area (Å²) in [6.07, 6.45) is 2.92. The van der Waals surface area contributed by atoms with Crippen molar-refractivity contribution in [3.8, 4) is 11.1 Å². The molecule has 0 aromatic heterocycles. The number of halogens is 1. The van der Waals surface area contributed by atoms with Gasteiger partial charge >= 0.3 is 0 Å². The molecule has 5 nitrogen and oxygen atoms in total. The molecule has 0 radical (unpaired) electrons. The maximum absolute atomic E-state index is 13.0. The Hall–Kier alpha value is -2.22. The third kappa shape index (κ3) is 5.04. The van der Waals surface area contributed by atoms with Crippen LogP contribution in [0.1, 0.15) is 31.2 Å². The summed E-state index contributed by atoms with van der Waals surface area (Å²) in [7, 11) is -3.58. The first-order valence-corrected chi connectivity index (χ1v) is 14.1. The van der Waals surface area contributed by atoms with Gasteiger partial charge in [0.25, 0.3) is 0 Å². The van der Waals surface area contributed by atoms with Crippen LogP contribution in [0.2, 0.25) is 5.02 Å². The van der Waals surface area contributed by atoms with Gasteiger partial charge < -0.3 is 10.0 Å². The van der Waals surface area contributed by atoms with Crippen LogP contribution in [0.25, 0.3) is 11.1 Å². The molecule has 0 bridgehead atoms. The summed E-state index contributed by atoms with van der Waals surface area (Å²) in [5.41, 5.74) is 2.47. The molecule has 7 heteroatoms. The van der Waals surface area contributed by atoms with Gasteiger partial charge in [0.2, 0.25) is 10.0 Å². The number of likely N-dealkylation sites (tertiary alicyclic amines) is 1. The molecule has 0 spiro atoms. The minimum atomic E-state index is -3.58. The molecule has 0 unspecified atom stereocenters. The smallest absolute Gasteiger partial charge is 0.244 e. The number of piperidine rings is 2. The molecule has 2 aliphatic heterocycles. The van der Waals surface area contributed by atoms with Crippen LogP contribution in [0.4, 0.5) is 0 Å². The van der Waals surface area contributed by atoms with Crippen molar-refractivity contribution in [1.29, 1.82) is 0 Å². The summed E-state index contributed by atoms with van der Waals surface area (Å²) in [6, 6.07) is 25.5. The molecule has 1 N–H and O–H groups in total. The molecule has 0 saturated carbocycles. The molecule has 0 atom stereocenters. The highest BCUT2D eigenvalue weighted by atomic mass is 35.5. The molecular formula is C28H31ClN2O3S. The van der Waals surface area contributed by atoms with Crippen LogP contribution in [0, 0.1) is 0 Å². The molecule has 2 aliphatic rings. The molecule has 3 aromatic rings. The SMILES string of the molecule is O=S(=O)(c1ccccc1Cl)N1CCC(N2CCC(O)(c3ccc(-c4ccccc4)cc3)CC2)CC1. The van der Waals surface area contributed by atoms with Gasteiger partial charge in [-0.05, 0) is 54.5 Å². The summed E-state index contributed by atoms with van der Waals surface area (Å²) in [6.45, 7) is 2.58. The third-order valence-corrected chi connectivity index (χ3v) is 9.95. The maximum atomic E-state index is 13.0. The normalized spacial score (nSPS) is 20.1. The van der Waals surface area contributed by atoms with Gasteiger partial charge in [0.15, 0.2) is 0 Å². The lowest BCUT2D eigenvalue weighted by molar-refractivity contribution is -0.0400. The number of hydrogen-bond donors (Lipinski definition) is 1. The quantitative estimate of drug-likeness (QED) is 0.516. The predicted molar refractivity (Wildman–Crippen MR) is 140 cm³/mol. The Morgan fingerprint density at radius 3 is 1.97 bits per heavy atom. The molecular weight excluding hydrogens is 480 g/mol. The van der Waals surface area contributed by atoms with Crippen LogP contribution in [0.3, 0.4) is 0 Å². The highest BCUT2D eigenvalue weighted by Crippen LogP contribution is 2.36. The van der Waals surface area contributed by atoms with Gasteiger partial charge in [0, 0.05) is 32.2 Å². The first-order valence-electron chi connectivity index (χ1n) is 12.2. The van der Waals surface area contributed by atoms with E-state index in [1.54, 1.807) is 28.6 Å². The Morgan fingerprint density at radius 1 is 0.771 bits per heavy atom. The Bertz CT molecular complexity index is 1250. The molecule has 3 aromatic carbocycles. The minimum absolute atomic E-state index is 0.182. The Morgan fingerprint density at radius 2 is 1.34 bits per heavy atom. The average molecular weight is 511 g/mol. The van der Waals surface area contributed by atoms with Crippen molar-refractivity contribution in [2.75, 3.05) is 26.2 Å². The number of rotatable bonds is 5. The lowest BCUT2D eigenvalue weighted by Crippen LogP contribution is -2.51. The second-order valence-corrected chi connectivity index (χ2v) is 11.9. The molecule has 5 rings (SSSR count). The standard InChI is InChI=1S/C28H31ClN2O3S/c29-26-8-4-5-9-27(26)35(33,34)31-18-14-25(15-19-31)30-20-16-28(32,17-21-30)24-12-10-23(11-13-24)22-6-2-1-3-7-22/h1-13,25,32H,14-21H2. The third-order valence-electron chi connectivity index (χ3n) is 7.55. The zero-order chi connectivity index (χ0) is 24.5. The van der Waals surface area contributed by atoms with Crippen molar-refractivity contribution >= 4 is 21.6 Å². The van der Waals surface area contributed by atoms with Gasteiger partial charge in [0.05, 0.1) is 10.6 Å². The molecule has 2 saturated heterocycles. The van der Waals surface area contributed by atoms with E-state index in [0.717, 1.165) is 37.1 Å². The summed E-state index contributed by atoms with van der Waals surface area (Å²) >= 11 is 6.16. The van der Waals surface area contributed by atoms with Crippen molar-refractivity contribution in [3.05, 3.63) is 89.4 Å². The fourth-order valence-electron chi connectivity index (χ4n) is 5.39. The van der Waals surface area contributed by atoms with E-state index in [-0.39, 0.29) is 9.92 Å². The summed E-state index contributed by atoms with van der Waals surface area (Å²) in [5.74, 6) is 0. The Labute approximate surface area is 213 Å². The molecule has 2 fully saturated rings. The molecule has 2 heterocycles. The van der Waals surface area contributed by atoms with Crippen molar-refractivity contribution in [2.45, 2.75) is 42.2 Å². The van der Waals surface area contributed by atoms with Crippen molar-refractivity contribution in [3.63, 3.8) is 0 Å². The first kappa shape index (κ1) is 24.5. The maximum Gasteiger partial charge on any atom is 0.244 e. The predicted octanol–water partition coefficient (Wildman–Crippen LogP) is 5.14. The summed E-state index contributed by atoms with van der Waals surface area (Å²) in [4.78, 5) is 2.60. The zero-order valence-electron chi connectivity index (χ0n) is 19.7. The van der Waals surface area contributed by atoms with E-state index in [9.17, 15) is 13.5 Å². The van der Waals surface area contributed by atoms with E-state index in [0.29, 0.717) is 32.0 Å². The topological polar surface area (TPSA) is 60.9 Å². The molecule has 0 aliphatic carbocycles. The van der Waals surface area contributed by atoms with Gasteiger partial charge in [-0.15, -0.1) is 0 Å². The molecule has 0 amide bonds. The lowest BCUT2D eigenvalue weighted by Gasteiger charge is -2.44. The van der Waals surface area contributed by atoms with Crippen molar-refractivity contribution < 1.29 is 13.5 Å². The van der Waals surface area contributed by atoms with E-state index < -0.39 is 15.6 Å². The van der Waals surface area contributed by atoms with Crippen molar-refractivity contribution in [1.82, 2.24) is 9.21 Å². The van der Waals surface area contributed by atoms with Crippen LogP contribution in [-0.4, -0.2) is 55.0 Å². The van der Waals surface area contributed by atoms with E-state index in [1.807, 2.05) is 18.2 Å². The van der Waals surface area contributed by atoms with Crippen LogP contribution in [0.15, 0.2) is 83.8 Å². The number of sulfonamides is 1. The lowest BCUT2D eigenvalue weighted by atomic mass is 9.83. The van der Waals surface area contributed by atoms with E-state index >= 15 is 0 Å². The van der Waals surface area contributed by atoms with Gasteiger partial charge in [-0.25, -0.2) is 8.42 Å². The van der Waals surface area contributed by atoms with Crippen LogP contribution < -0.4 is 0 Å². The highest BCUT2D eigenvalue weighted by molar-refractivity contribution is 7.89. The van der Waals surface area contributed by atoms with E-state index in [4.69, 9.17) is 11.6 Å². The summed E-state index contributed by atoms with van der Waals surface area (Å²) in [5, 5.41) is 11.7. The summed E-state index contributed by atoms with van der Waals surface area (Å²) < 4.78 is 27.6. The largest absolute Gasteiger partial charge is 0.385 e. The van der Waals surface area contributed by atoms with Gasteiger partial charge in [-0.3, -0.25) is 0 Å². The van der Waals surface area contributed by atoms with Gasteiger partial charge in [0.1, 0.15) is 4.90 Å². The second-order valence-electron chi connectivity index (χ2n) is 9.58. The number of hydrogen-bond acceptors (Lipinski definition) is 4. The van der Waals surface area contributed by atoms with Gasteiger partial charge in [-0.1, -0.05) is 78.3 Å². The Kier molecular flexibility index (Phi) is 7.02. The fourth-order valence-corrected chi connectivity index (χ4v) is 7.35. The number of aliphatic hydroxyl groups is 1. The van der Waals surface area contributed by atoms with Crippen LogP contribution in [-0.2, 0) is 15.6 Å². The monoisotopic (exact) mass is 510 g/mol. The molecule has 35 heavy (non-hydrogen) atoms. The second kappa shape index (κ2) is 10.0. The van der Waals surface area contributed by atoms with Crippen LogP contribution in [0.5, 0.6) is 0 Å². The highest BCUT2D eigenvalue weighted by Gasteiger charge is 2.38. The van der Waals surface area contributed by atoms with E-state index in [1.165, 1.54) is 5.56 Å². The van der Waals surface area contributed by atoms with E-state index in [2.05, 4.69) is 41.3 Å².